The van der Waals surface area contributed by atoms with Crippen LogP contribution in [0, 0.1) is 6.92 Å². The fraction of sp³-hybridized carbons (Fsp3) is 0.320. The predicted octanol–water partition coefficient (Wildman–Crippen LogP) is 3.95. The van der Waals surface area contributed by atoms with Crippen LogP contribution < -0.4 is 15.0 Å². The molecule has 2 aliphatic heterocycles. The van der Waals surface area contributed by atoms with Crippen LogP contribution in [0.4, 0.5) is 13.2 Å². The van der Waals surface area contributed by atoms with Crippen molar-refractivity contribution < 1.29 is 27.4 Å². The molecule has 2 aromatic heterocycles. The van der Waals surface area contributed by atoms with Gasteiger partial charge < -0.3 is 23.5 Å². The number of imidazole rings is 1. The van der Waals surface area contributed by atoms with Crippen molar-refractivity contribution >= 4 is 11.5 Å². The zero-order valence-electron chi connectivity index (χ0n) is 19.8. The maximum Gasteiger partial charge on any atom is 0.573 e. The molecule has 0 fully saturated rings. The van der Waals surface area contributed by atoms with Gasteiger partial charge in [0.15, 0.2) is 0 Å². The van der Waals surface area contributed by atoms with Crippen LogP contribution in [-0.4, -0.2) is 50.0 Å². The Morgan fingerprint density at radius 2 is 1.92 bits per heavy atom. The van der Waals surface area contributed by atoms with Crippen LogP contribution in [0.2, 0.25) is 0 Å². The van der Waals surface area contributed by atoms with E-state index in [2.05, 4.69) is 9.72 Å². The van der Waals surface area contributed by atoms with Crippen molar-refractivity contribution in [2.75, 3.05) is 13.1 Å². The highest BCUT2D eigenvalue weighted by molar-refractivity contribution is 5.94. The minimum Gasteiger partial charge on any atom is -0.483 e. The lowest BCUT2D eigenvalue weighted by atomic mass is 9.94. The van der Waals surface area contributed by atoms with E-state index in [1.807, 2.05) is 20.8 Å². The molecule has 0 spiro atoms. The van der Waals surface area contributed by atoms with Crippen LogP contribution in [0.15, 0.2) is 53.7 Å². The summed E-state index contributed by atoms with van der Waals surface area (Å²) in [5.41, 5.74) is 1.40. The van der Waals surface area contributed by atoms with E-state index in [0.717, 1.165) is 5.69 Å². The topological polar surface area (TPSA) is 78.6 Å². The number of pyridine rings is 1. The van der Waals surface area contributed by atoms with Crippen molar-refractivity contribution in [3.05, 3.63) is 76.2 Å². The summed E-state index contributed by atoms with van der Waals surface area (Å²) >= 11 is 0. The van der Waals surface area contributed by atoms with Gasteiger partial charge in [-0.3, -0.25) is 9.59 Å². The number of carbonyl (C=O) groups excluding carboxylic acids is 1. The van der Waals surface area contributed by atoms with Gasteiger partial charge in [0, 0.05) is 31.4 Å². The van der Waals surface area contributed by atoms with Gasteiger partial charge in [-0.25, -0.2) is 4.98 Å². The van der Waals surface area contributed by atoms with Crippen LogP contribution in [0.25, 0.3) is 11.3 Å². The molecular weight excluding hydrogens is 477 g/mol. The number of hydrogen-bond acceptors (Lipinski definition) is 5. The van der Waals surface area contributed by atoms with Crippen LogP contribution in [0.3, 0.4) is 0 Å². The average Bonchev–Trinajstić information content (AvgIpc) is 3.21. The maximum atomic E-state index is 13.3. The molecule has 0 saturated heterocycles. The molecule has 2 aliphatic rings. The highest BCUT2D eigenvalue weighted by Gasteiger charge is 2.34. The Morgan fingerprint density at radius 3 is 2.61 bits per heavy atom. The summed E-state index contributed by atoms with van der Waals surface area (Å²) in [7, 11) is 0. The summed E-state index contributed by atoms with van der Waals surface area (Å²) in [5, 5.41) is 0. The second-order valence-corrected chi connectivity index (χ2v) is 9.29. The van der Waals surface area contributed by atoms with Crippen molar-refractivity contribution in [1.82, 2.24) is 19.0 Å². The van der Waals surface area contributed by atoms with E-state index in [1.54, 1.807) is 40.2 Å². The zero-order chi connectivity index (χ0) is 25.8. The molecule has 4 heterocycles. The number of amides is 1. The summed E-state index contributed by atoms with van der Waals surface area (Å²) in [5.74, 6) is -0.325. The lowest BCUT2D eigenvalue weighted by Crippen LogP contribution is -2.46. The molecule has 1 aromatic carbocycles. The number of alkyl halides is 3. The fourth-order valence-corrected chi connectivity index (χ4v) is 4.55. The van der Waals surface area contributed by atoms with E-state index in [1.165, 1.54) is 22.8 Å². The molecule has 3 aromatic rings. The molecule has 0 unspecified atom stereocenters. The van der Waals surface area contributed by atoms with Gasteiger partial charge in [0.25, 0.3) is 11.5 Å². The largest absolute Gasteiger partial charge is 0.573 e. The van der Waals surface area contributed by atoms with Gasteiger partial charge in [0.2, 0.25) is 0 Å². The molecule has 8 nitrogen and oxygen atoms in total. The predicted molar refractivity (Wildman–Crippen MR) is 124 cm³/mol. The van der Waals surface area contributed by atoms with Crippen LogP contribution >= 0.6 is 0 Å². The molecule has 0 radical (unpaired) electrons. The Morgan fingerprint density at radius 1 is 1.14 bits per heavy atom. The van der Waals surface area contributed by atoms with Crippen LogP contribution in [0.5, 0.6) is 11.5 Å². The van der Waals surface area contributed by atoms with Crippen LogP contribution in [-0.2, 0) is 6.54 Å². The Balaban J connectivity index is 1.45. The Kier molecular flexibility index (Phi) is 5.46. The highest BCUT2D eigenvalue weighted by atomic mass is 19.4. The van der Waals surface area contributed by atoms with E-state index in [4.69, 9.17) is 4.74 Å². The SMILES string of the molecule is Cc1cn(-c2ccc3n(c2=O)CCN(CC2=CC(C)(C)Oc4ccc(OC(F)(F)F)cc42)C3=O)cn1. The molecule has 36 heavy (non-hydrogen) atoms. The summed E-state index contributed by atoms with van der Waals surface area (Å²) in [6.07, 6.45) is 0.227. The fourth-order valence-electron chi connectivity index (χ4n) is 4.55. The normalized spacial score (nSPS) is 16.7. The Hall–Kier alpha value is -4.02. The Bertz CT molecular complexity index is 1450. The molecule has 0 bridgehead atoms. The van der Waals surface area contributed by atoms with Crippen molar-refractivity contribution in [3.63, 3.8) is 0 Å². The molecule has 11 heteroatoms. The molecule has 1 amide bonds. The molecular formula is C25H23F3N4O4. The van der Waals surface area contributed by atoms with Gasteiger partial charge in [-0.15, -0.1) is 13.2 Å². The minimum absolute atomic E-state index is 0.130. The molecule has 5 rings (SSSR count). The van der Waals surface area contributed by atoms with Gasteiger partial charge in [-0.1, -0.05) is 0 Å². The van der Waals surface area contributed by atoms with Gasteiger partial charge in [0.05, 0.1) is 12.0 Å². The summed E-state index contributed by atoms with van der Waals surface area (Å²) in [4.78, 5) is 32.1. The molecule has 0 saturated carbocycles. The first kappa shape index (κ1) is 23.7. The molecule has 0 aliphatic carbocycles. The van der Waals surface area contributed by atoms with Gasteiger partial charge >= 0.3 is 6.36 Å². The number of ether oxygens (including phenoxy) is 2. The lowest BCUT2D eigenvalue weighted by Gasteiger charge is -2.35. The van der Waals surface area contributed by atoms with E-state index < -0.39 is 12.0 Å². The molecule has 0 N–H and O–H groups in total. The van der Waals surface area contributed by atoms with Gasteiger partial charge in [-0.2, -0.15) is 0 Å². The third kappa shape index (κ3) is 4.48. The van der Waals surface area contributed by atoms with Crippen molar-refractivity contribution in [1.29, 1.82) is 0 Å². The standard InChI is InChI=1S/C25H23F3N4O4/c1-15-12-31(14-29-15)19-5-6-20-22(33)30(8-9-32(20)23(19)34)13-16-11-24(2,3)36-21-7-4-17(10-18(16)21)35-25(26,27)28/h4-7,10-12,14H,8-9,13H2,1-3H3. The van der Waals surface area contributed by atoms with E-state index >= 15 is 0 Å². The van der Waals surface area contributed by atoms with Gasteiger partial charge in [0.1, 0.15) is 28.5 Å². The van der Waals surface area contributed by atoms with Gasteiger partial charge in [-0.05, 0) is 62.8 Å². The maximum absolute atomic E-state index is 13.3. The number of rotatable bonds is 4. The van der Waals surface area contributed by atoms with E-state index in [9.17, 15) is 22.8 Å². The first-order valence-corrected chi connectivity index (χ1v) is 11.3. The second kappa shape index (κ2) is 8.28. The van der Waals surface area contributed by atoms with Crippen molar-refractivity contribution in [3.8, 4) is 17.2 Å². The number of aromatic nitrogens is 3. The third-order valence-corrected chi connectivity index (χ3v) is 6.03. The smallest absolute Gasteiger partial charge is 0.483 e. The van der Waals surface area contributed by atoms with Crippen molar-refractivity contribution in [2.45, 2.75) is 39.3 Å². The third-order valence-electron chi connectivity index (χ3n) is 6.03. The van der Waals surface area contributed by atoms with E-state index in [0.29, 0.717) is 22.6 Å². The summed E-state index contributed by atoms with van der Waals surface area (Å²) in [6.45, 7) is 6.12. The number of halogens is 3. The van der Waals surface area contributed by atoms with Crippen LogP contribution in [0.1, 0.15) is 35.6 Å². The van der Waals surface area contributed by atoms with E-state index in [-0.39, 0.29) is 42.5 Å². The number of carbonyl (C=O) groups is 1. The number of hydrogen-bond donors (Lipinski definition) is 0. The quantitative estimate of drug-likeness (QED) is 0.542. The number of fused-ring (bicyclic) bond motifs is 2. The minimum atomic E-state index is -4.83. The summed E-state index contributed by atoms with van der Waals surface area (Å²) in [6, 6.07) is 7.07. The molecule has 188 valence electrons. The summed E-state index contributed by atoms with van der Waals surface area (Å²) < 4.78 is 51.4. The number of nitrogens with zero attached hydrogens (tertiary/aromatic N) is 4. The Labute approximate surface area is 204 Å². The lowest BCUT2D eigenvalue weighted by molar-refractivity contribution is -0.274. The first-order chi connectivity index (χ1) is 16.9. The number of aryl methyl sites for hydroxylation is 1. The zero-order valence-corrected chi connectivity index (χ0v) is 19.8. The highest BCUT2D eigenvalue weighted by Crippen LogP contribution is 2.39. The molecule has 0 atom stereocenters. The first-order valence-electron chi connectivity index (χ1n) is 11.3. The monoisotopic (exact) mass is 500 g/mol. The average molecular weight is 500 g/mol. The second-order valence-electron chi connectivity index (χ2n) is 9.29. The van der Waals surface area contributed by atoms with Crippen molar-refractivity contribution in [2.24, 2.45) is 0 Å². The number of benzene rings is 1.